The molecule has 0 atom stereocenters. The number of aromatic nitrogens is 3. The molecule has 9 rings (SSSR count). The third-order valence-corrected chi connectivity index (χ3v) is 10.9. The Bertz CT molecular complexity index is 2460. The third-order valence-electron chi connectivity index (χ3n) is 10.9. The lowest BCUT2D eigenvalue weighted by atomic mass is 9.73. The number of anilines is 3. The van der Waals surface area contributed by atoms with Gasteiger partial charge in [-0.15, -0.1) is 0 Å². The minimum absolute atomic E-state index is 0.0120. The Hall–Kier alpha value is -5.42. The number of rotatable bonds is 3. The fourth-order valence-corrected chi connectivity index (χ4v) is 8.16. The summed E-state index contributed by atoms with van der Waals surface area (Å²) in [6.45, 7) is 16.1. The van der Waals surface area contributed by atoms with Gasteiger partial charge in [-0.1, -0.05) is 90.9 Å². The first kappa shape index (κ1) is 29.7. The molecule has 0 N–H and O–H groups in total. The zero-order chi connectivity index (χ0) is 33.9. The molecule has 3 aromatic heterocycles. The van der Waals surface area contributed by atoms with E-state index in [4.69, 9.17) is 14.7 Å². The molecule has 5 heteroatoms. The van der Waals surface area contributed by atoms with E-state index in [0.29, 0.717) is 0 Å². The van der Waals surface area contributed by atoms with E-state index in [2.05, 4.69) is 149 Å². The van der Waals surface area contributed by atoms with Crippen LogP contribution < -0.4 is 9.64 Å². The molecule has 5 heterocycles. The molecule has 242 valence electrons. The van der Waals surface area contributed by atoms with Crippen molar-refractivity contribution < 1.29 is 4.74 Å². The van der Waals surface area contributed by atoms with Crippen LogP contribution in [0.15, 0.2) is 116 Å². The van der Waals surface area contributed by atoms with Gasteiger partial charge in [-0.3, -0.25) is 9.47 Å². The topological polar surface area (TPSA) is 43.2 Å². The highest BCUT2D eigenvalue weighted by Gasteiger charge is 2.39. The Labute approximate surface area is 287 Å². The Morgan fingerprint density at radius 3 is 2.08 bits per heavy atom. The second-order valence-electron chi connectivity index (χ2n) is 15.6. The molecule has 0 radical (unpaired) electrons. The summed E-state index contributed by atoms with van der Waals surface area (Å²) in [6, 6.07) is 36.8. The summed E-state index contributed by atoms with van der Waals surface area (Å²) in [7, 11) is 0. The molecular formula is C44H40N4O. The van der Waals surface area contributed by atoms with Gasteiger partial charge in [-0.2, -0.15) is 0 Å². The van der Waals surface area contributed by atoms with E-state index >= 15 is 0 Å². The number of pyridine rings is 2. The van der Waals surface area contributed by atoms with Crippen molar-refractivity contribution in [3.63, 3.8) is 0 Å². The van der Waals surface area contributed by atoms with Crippen molar-refractivity contribution >= 4 is 39.0 Å². The van der Waals surface area contributed by atoms with Gasteiger partial charge in [0.2, 0.25) is 0 Å². The van der Waals surface area contributed by atoms with Crippen LogP contribution in [0.4, 0.5) is 17.2 Å². The molecule has 0 aliphatic carbocycles. The van der Waals surface area contributed by atoms with Crippen LogP contribution in [0.1, 0.15) is 76.3 Å². The summed E-state index contributed by atoms with van der Waals surface area (Å²) in [5.74, 6) is 3.43. The van der Waals surface area contributed by atoms with Crippen molar-refractivity contribution in [2.24, 2.45) is 0 Å². The first-order valence-electron chi connectivity index (χ1n) is 17.2. The average Bonchev–Trinajstić information content (AvgIpc) is 3.41. The molecule has 49 heavy (non-hydrogen) atoms. The van der Waals surface area contributed by atoms with E-state index in [9.17, 15) is 0 Å². The van der Waals surface area contributed by atoms with Gasteiger partial charge in [0.05, 0.1) is 22.4 Å². The van der Waals surface area contributed by atoms with Gasteiger partial charge in [-0.25, -0.2) is 9.97 Å². The van der Waals surface area contributed by atoms with Crippen LogP contribution in [0.5, 0.6) is 11.5 Å². The van der Waals surface area contributed by atoms with Crippen molar-refractivity contribution in [2.45, 2.75) is 64.7 Å². The molecule has 2 aliphatic heterocycles. The van der Waals surface area contributed by atoms with Crippen molar-refractivity contribution in [3.8, 4) is 17.3 Å². The Balaban J connectivity index is 1.22. The molecule has 7 aromatic rings. The van der Waals surface area contributed by atoms with Gasteiger partial charge in [0, 0.05) is 51.7 Å². The fraction of sp³-hybridized carbons (Fsp3) is 0.227. The molecular weight excluding hydrogens is 601 g/mol. The summed E-state index contributed by atoms with van der Waals surface area (Å²) in [5, 5.41) is 2.46. The van der Waals surface area contributed by atoms with Crippen molar-refractivity contribution in [2.75, 3.05) is 4.90 Å². The third kappa shape index (κ3) is 4.24. The van der Waals surface area contributed by atoms with E-state index in [1.807, 2.05) is 24.5 Å². The molecule has 0 unspecified atom stereocenters. The number of ether oxygens (including phenoxy) is 1. The maximum atomic E-state index is 6.76. The summed E-state index contributed by atoms with van der Waals surface area (Å²) in [5.41, 5.74) is 10.6. The van der Waals surface area contributed by atoms with Gasteiger partial charge in [-0.05, 0) is 76.2 Å². The lowest BCUT2D eigenvalue weighted by molar-refractivity contribution is 0.482. The summed E-state index contributed by atoms with van der Waals surface area (Å²) < 4.78 is 9.12. The Kier molecular flexibility index (Phi) is 6.09. The van der Waals surface area contributed by atoms with Gasteiger partial charge in [0.15, 0.2) is 0 Å². The molecule has 0 fully saturated rings. The van der Waals surface area contributed by atoms with Crippen LogP contribution in [0.3, 0.4) is 0 Å². The lowest BCUT2D eigenvalue weighted by Gasteiger charge is -2.41. The normalized spacial score (nSPS) is 15.5. The molecule has 0 amide bonds. The minimum Gasteiger partial charge on any atom is -0.457 e. The number of nitrogens with zero attached hydrogens (tertiary/aromatic N) is 4. The molecule has 5 nitrogen and oxygen atoms in total. The van der Waals surface area contributed by atoms with Crippen LogP contribution in [0.25, 0.3) is 27.6 Å². The number of hydrogen-bond donors (Lipinski definition) is 0. The molecule has 0 bridgehead atoms. The number of hydrogen-bond acceptors (Lipinski definition) is 4. The molecule has 0 spiro atoms. The zero-order valence-electron chi connectivity index (χ0n) is 29.2. The van der Waals surface area contributed by atoms with Crippen molar-refractivity contribution in [1.29, 1.82) is 0 Å². The molecule has 0 saturated heterocycles. The zero-order valence-corrected chi connectivity index (χ0v) is 29.2. The van der Waals surface area contributed by atoms with Gasteiger partial charge >= 0.3 is 0 Å². The smallest absolute Gasteiger partial charge is 0.141 e. The predicted octanol–water partition coefficient (Wildman–Crippen LogP) is 11.4. The van der Waals surface area contributed by atoms with E-state index < -0.39 is 0 Å². The second kappa shape index (κ2) is 10.1. The average molecular weight is 641 g/mol. The second-order valence-corrected chi connectivity index (χ2v) is 15.6. The first-order valence-corrected chi connectivity index (χ1v) is 17.2. The Morgan fingerprint density at radius 2 is 1.29 bits per heavy atom. The number of para-hydroxylation sites is 1. The molecule has 4 aromatic carbocycles. The van der Waals surface area contributed by atoms with Crippen LogP contribution in [-0.2, 0) is 16.2 Å². The first-order chi connectivity index (χ1) is 23.4. The monoisotopic (exact) mass is 640 g/mol. The predicted molar refractivity (Wildman–Crippen MR) is 201 cm³/mol. The highest BCUT2D eigenvalue weighted by molar-refractivity contribution is 6.12. The van der Waals surface area contributed by atoms with E-state index in [0.717, 1.165) is 40.0 Å². The minimum atomic E-state index is -0.193. The number of benzene rings is 4. The van der Waals surface area contributed by atoms with Gasteiger partial charge in [0.1, 0.15) is 23.1 Å². The summed E-state index contributed by atoms with van der Waals surface area (Å²) in [6.07, 6.45) is 3.76. The summed E-state index contributed by atoms with van der Waals surface area (Å²) >= 11 is 0. The molecule has 2 aliphatic rings. The van der Waals surface area contributed by atoms with Crippen LogP contribution in [0, 0.1) is 0 Å². The highest BCUT2D eigenvalue weighted by Crippen LogP contribution is 2.53. The highest BCUT2D eigenvalue weighted by atomic mass is 16.5. The molecule has 0 saturated carbocycles. The van der Waals surface area contributed by atoms with Gasteiger partial charge in [0.25, 0.3) is 0 Å². The Morgan fingerprint density at radius 1 is 0.592 bits per heavy atom. The number of fused-ring (bicyclic) bond motifs is 7. The van der Waals surface area contributed by atoms with Crippen molar-refractivity contribution in [1.82, 2.24) is 14.5 Å². The standard InChI is InChI=1S/C44H40N4O/c1-42(2,3)27-23-31-30-19-17-28(25-37(30)48-40(31)35(24-27)44(6,7)34-14-12-22-46-41(34)48)49-29-18-20-33-38(26-29)47(39-16-10-11-21-45-39)36-15-9-8-13-32(36)43(33,4)5/h8-26H,1-7H3. The van der Waals surface area contributed by atoms with E-state index in [1.165, 1.54) is 44.1 Å². The largest absolute Gasteiger partial charge is 0.457 e. The van der Waals surface area contributed by atoms with E-state index in [1.54, 1.807) is 0 Å². The maximum absolute atomic E-state index is 6.76. The fourth-order valence-electron chi connectivity index (χ4n) is 8.16. The quantitative estimate of drug-likeness (QED) is 0.193. The van der Waals surface area contributed by atoms with Crippen LogP contribution in [-0.4, -0.2) is 14.5 Å². The lowest BCUT2D eigenvalue weighted by Crippen LogP contribution is -2.30. The SMILES string of the molecule is CC(C)(C)c1cc2c3c(c1)c1ccc(Oc4ccc5c(c4)N(c4ccccn4)c4ccccc4C5(C)C)cc1n3-c1ncccc1C2(C)C. The van der Waals surface area contributed by atoms with Crippen molar-refractivity contribution in [3.05, 3.63) is 143 Å². The maximum Gasteiger partial charge on any atom is 0.141 e. The van der Waals surface area contributed by atoms with Crippen LogP contribution >= 0.6 is 0 Å². The summed E-state index contributed by atoms with van der Waals surface area (Å²) in [4.78, 5) is 12.0. The van der Waals surface area contributed by atoms with Crippen LogP contribution in [0.2, 0.25) is 0 Å². The van der Waals surface area contributed by atoms with E-state index in [-0.39, 0.29) is 16.2 Å². The van der Waals surface area contributed by atoms with Gasteiger partial charge < -0.3 is 4.74 Å².